The molecule has 2 heterocycles. The molecule has 3 nitrogen and oxygen atoms in total. The number of halogens is 2. The Morgan fingerprint density at radius 1 is 1.21 bits per heavy atom. The van der Waals surface area contributed by atoms with Gasteiger partial charge in [0.15, 0.2) is 5.78 Å². The van der Waals surface area contributed by atoms with E-state index in [1.54, 1.807) is 18.2 Å². The number of carbonyl (C=O) groups excluding carboxylic acids is 1. The summed E-state index contributed by atoms with van der Waals surface area (Å²) >= 11 is 12.3. The van der Waals surface area contributed by atoms with E-state index >= 15 is 0 Å². The summed E-state index contributed by atoms with van der Waals surface area (Å²) in [5.74, 6) is -0.160. The van der Waals surface area contributed by atoms with E-state index in [2.05, 4.69) is 6.07 Å². The summed E-state index contributed by atoms with van der Waals surface area (Å²) in [4.78, 5) is 13.1. The van der Waals surface area contributed by atoms with Gasteiger partial charge < -0.3 is 4.40 Å². The standard InChI is InChI=1S/C19H14Cl2N2O/c1-12-15(9-5-10-22)23-11-3-2-8-16(23)17(12)19(24)13-6-4-7-14(20)18(13)21/h2-4,6-8,11H,5,9H2,1H3. The van der Waals surface area contributed by atoms with E-state index in [1.165, 1.54) is 0 Å². The van der Waals surface area contributed by atoms with Crippen molar-refractivity contribution in [2.24, 2.45) is 0 Å². The van der Waals surface area contributed by atoms with Crippen LogP contribution in [0, 0.1) is 18.3 Å². The largest absolute Gasteiger partial charge is 0.320 e. The molecule has 0 saturated carbocycles. The Hall–Kier alpha value is -2.28. The third-order valence-corrected chi connectivity index (χ3v) is 4.93. The van der Waals surface area contributed by atoms with Crippen molar-refractivity contribution in [1.82, 2.24) is 4.40 Å². The molecular formula is C19H14Cl2N2O. The number of nitrogens with zero attached hydrogens (tertiary/aromatic N) is 2. The summed E-state index contributed by atoms with van der Waals surface area (Å²) in [7, 11) is 0. The van der Waals surface area contributed by atoms with Crippen LogP contribution in [-0.2, 0) is 6.42 Å². The van der Waals surface area contributed by atoms with Gasteiger partial charge in [-0.05, 0) is 36.8 Å². The van der Waals surface area contributed by atoms with Crippen LogP contribution < -0.4 is 0 Å². The molecule has 0 saturated heterocycles. The SMILES string of the molecule is Cc1c(C(=O)c2cccc(Cl)c2Cl)c2ccccn2c1CCC#N. The van der Waals surface area contributed by atoms with Gasteiger partial charge in [-0.1, -0.05) is 35.3 Å². The molecule has 0 bridgehead atoms. The molecule has 0 aliphatic rings. The molecule has 0 atom stereocenters. The molecule has 0 N–H and O–H groups in total. The quantitative estimate of drug-likeness (QED) is 0.599. The first-order valence-electron chi connectivity index (χ1n) is 7.50. The number of ketones is 1. The molecule has 1 aromatic carbocycles. The van der Waals surface area contributed by atoms with Gasteiger partial charge in [0, 0.05) is 30.3 Å². The maximum Gasteiger partial charge on any atom is 0.197 e. The maximum absolute atomic E-state index is 13.1. The first-order valence-corrected chi connectivity index (χ1v) is 8.26. The summed E-state index contributed by atoms with van der Waals surface area (Å²) < 4.78 is 1.97. The minimum absolute atomic E-state index is 0.160. The van der Waals surface area contributed by atoms with Gasteiger partial charge >= 0.3 is 0 Å². The van der Waals surface area contributed by atoms with Crippen LogP contribution in [0.5, 0.6) is 0 Å². The molecule has 120 valence electrons. The number of hydrogen-bond donors (Lipinski definition) is 0. The van der Waals surface area contributed by atoms with Gasteiger partial charge in [-0.15, -0.1) is 0 Å². The molecule has 0 aliphatic heterocycles. The predicted molar refractivity (Wildman–Crippen MR) is 96.0 cm³/mol. The highest BCUT2D eigenvalue weighted by atomic mass is 35.5. The van der Waals surface area contributed by atoms with Gasteiger partial charge in [0.2, 0.25) is 0 Å². The van der Waals surface area contributed by atoms with Crippen LogP contribution in [0.25, 0.3) is 5.52 Å². The second-order valence-corrected chi connectivity index (χ2v) is 6.28. The Morgan fingerprint density at radius 3 is 2.75 bits per heavy atom. The highest BCUT2D eigenvalue weighted by Crippen LogP contribution is 2.31. The molecule has 0 aliphatic carbocycles. The molecule has 2 aromatic heterocycles. The number of rotatable bonds is 4. The lowest BCUT2D eigenvalue weighted by molar-refractivity contribution is 0.104. The van der Waals surface area contributed by atoms with Gasteiger partial charge in [-0.25, -0.2) is 0 Å². The third kappa shape index (κ3) is 2.69. The molecule has 5 heteroatoms. The number of aryl methyl sites for hydroxylation is 1. The molecule has 24 heavy (non-hydrogen) atoms. The molecule has 0 fully saturated rings. The second-order valence-electron chi connectivity index (χ2n) is 5.49. The Morgan fingerprint density at radius 2 is 2.00 bits per heavy atom. The minimum atomic E-state index is -0.160. The average Bonchev–Trinajstić information content (AvgIpc) is 2.86. The lowest BCUT2D eigenvalue weighted by atomic mass is 9.99. The fraction of sp³-hybridized carbons (Fsp3) is 0.158. The molecular weight excluding hydrogens is 343 g/mol. The number of nitriles is 1. The first-order chi connectivity index (χ1) is 11.6. The van der Waals surface area contributed by atoms with Crippen molar-refractivity contribution in [2.75, 3.05) is 0 Å². The zero-order valence-electron chi connectivity index (χ0n) is 13.0. The van der Waals surface area contributed by atoms with E-state index < -0.39 is 0 Å². The van der Waals surface area contributed by atoms with Crippen LogP contribution in [0.3, 0.4) is 0 Å². The monoisotopic (exact) mass is 356 g/mol. The summed E-state index contributed by atoms with van der Waals surface area (Å²) in [6.07, 6.45) is 2.89. The van der Waals surface area contributed by atoms with E-state index in [0.717, 1.165) is 16.8 Å². The smallest absolute Gasteiger partial charge is 0.197 e. The zero-order valence-corrected chi connectivity index (χ0v) is 14.5. The number of pyridine rings is 1. The topological polar surface area (TPSA) is 45.3 Å². The third-order valence-electron chi connectivity index (χ3n) is 4.11. The second kappa shape index (κ2) is 6.68. The molecule has 3 rings (SSSR count). The summed E-state index contributed by atoms with van der Waals surface area (Å²) in [5, 5.41) is 9.51. The highest BCUT2D eigenvalue weighted by Gasteiger charge is 2.23. The predicted octanol–water partition coefficient (Wildman–Crippen LogP) is 5.24. The summed E-state index contributed by atoms with van der Waals surface area (Å²) in [6.45, 7) is 1.91. The van der Waals surface area contributed by atoms with Crippen molar-refractivity contribution >= 4 is 34.5 Å². The maximum atomic E-state index is 13.1. The Bertz CT molecular complexity index is 983. The van der Waals surface area contributed by atoms with Crippen LogP contribution in [-0.4, -0.2) is 10.2 Å². The van der Waals surface area contributed by atoms with Gasteiger partial charge in [-0.2, -0.15) is 5.26 Å². The average molecular weight is 357 g/mol. The van der Waals surface area contributed by atoms with E-state index in [-0.39, 0.29) is 10.8 Å². The van der Waals surface area contributed by atoms with E-state index in [9.17, 15) is 4.79 Å². The summed E-state index contributed by atoms with van der Waals surface area (Å²) in [6, 6.07) is 12.9. The van der Waals surface area contributed by atoms with Crippen molar-refractivity contribution in [3.8, 4) is 6.07 Å². The van der Waals surface area contributed by atoms with Crippen molar-refractivity contribution in [3.05, 3.63) is 75.0 Å². The first kappa shape index (κ1) is 16.6. The number of hydrogen-bond acceptors (Lipinski definition) is 2. The van der Waals surface area contributed by atoms with Gasteiger partial charge in [0.1, 0.15) is 0 Å². The van der Waals surface area contributed by atoms with Crippen LogP contribution in [0.1, 0.15) is 33.6 Å². The normalized spacial score (nSPS) is 10.8. The molecule has 0 unspecified atom stereocenters. The van der Waals surface area contributed by atoms with Gasteiger partial charge in [0.05, 0.1) is 27.2 Å². The van der Waals surface area contributed by atoms with Gasteiger partial charge in [-0.3, -0.25) is 4.79 Å². The number of fused-ring (bicyclic) bond motifs is 1. The van der Waals surface area contributed by atoms with Crippen molar-refractivity contribution in [3.63, 3.8) is 0 Å². The lowest BCUT2D eigenvalue weighted by Gasteiger charge is -2.05. The zero-order chi connectivity index (χ0) is 17.3. The van der Waals surface area contributed by atoms with Gasteiger partial charge in [0.25, 0.3) is 0 Å². The lowest BCUT2D eigenvalue weighted by Crippen LogP contribution is -2.04. The molecule has 0 radical (unpaired) electrons. The van der Waals surface area contributed by atoms with Crippen molar-refractivity contribution < 1.29 is 4.79 Å². The molecule has 0 amide bonds. The van der Waals surface area contributed by atoms with Crippen molar-refractivity contribution in [2.45, 2.75) is 19.8 Å². The Balaban J connectivity index is 2.23. The highest BCUT2D eigenvalue weighted by molar-refractivity contribution is 6.44. The molecule has 3 aromatic rings. The van der Waals surface area contributed by atoms with Crippen LogP contribution in [0.4, 0.5) is 0 Å². The van der Waals surface area contributed by atoms with Crippen molar-refractivity contribution in [1.29, 1.82) is 5.26 Å². The number of aromatic nitrogens is 1. The fourth-order valence-electron chi connectivity index (χ4n) is 2.98. The number of carbonyl (C=O) groups is 1. The fourth-order valence-corrected chi connectivity index (χ4v) is 3.37. The van der Waals surface area contributed by atoms with E-state index in [4.69, 9.17) is 28.5 Å². The van der Waals surface area contributed by atoms with E-state index in [0.29, 0.717) is 29.0 Å². The van der Waals surface area contributed by atoms with E-state index in [1.807, 2.05) is 35.7 Å². The minimum Gasteiger partial charge on any atom is -0.320 e. The van der Waals surface area contributed by atoms with Crippen LogP contribution in [0.2, 0.25) is 10.0 Å². The summed E-state index contributed by atoms with van der Waals surface area (Å²) in [5.41, 5.74) is 3.64. The number of benzene rings is 1. The molecule has 0 spiro atoms. The van der Waals surface area contributed by atoms with Crippen LogP contribution >= 0.6 is 23.2 Å². The Kier molecular flexibility index (Phi) is 4.62. The Labute approximate surface area is 150 Å². The van der Waals surface area contributed by atoms with Crippen LogP contribution in [0.15, 0.2) is 42.6 Å².